The molecule has 0 radical (unpaired) electrons. The molecule has 122 valence electrons. The molecule has 1 fully saturated rings. The van der Waals surface area contributed by atoms with Gasteiger partial charge in [0, 0.05) is 36.7 Å². The lowest BCUT2D eigenvalue weighted by Crippen LogP contribution is -2.48. The average Bonchev–Trinajstić information content (AvgIpc) is 2.84. The summed E-state index contributed by atoms with van der Waals surface area (Å²) in [7, 11) is 0. The summed E-state index contributed by atoms with van der Waals surface area (Å²) in [5, 5.41) is 6.52. The van der Waals surface area contributed by atoms with Crippen LogP contribution in [-0.2, 0) is 4.74 Å². The van der Waals surface area contributed by atoms with Crippen LogP contribution < -0.4 is 10.6 Å². The lowest BCUT2D eigenvalue weighted by molar-refractivity contribution is 0.0497. The maximum atomic E-state index is 11.9. The average molecular weight is 306 g/mol. The summed E-state index contributed by atoms with van der Waals surface area (Å²) in [5.74, 6) is 0. The molecule has 1 saturated carbocycles. The molecule has 1 aromatic rings. The molecule has 6 nitrogen and oxygen atoms in total. The molecule has 2 rings (SSSR count). The van der Waals surface area contributed by atoms with Gasteiger partial charge in [-0.25, -0.2) is 4.79 Å². The summed E-state index contributed by atoms with van der Waals surface area (Å²) < 4.78 is 5.34. The summed E-state index contributed by atoms with van der Waals surface area (Å²) in [6, 6.07) is 0.415. The number of aromatic nitrogens is 2. The third kappa shape index (κ3) is 4.94. The Morgan fingerprint density at radius 2 is 2.05 bits per heavy atom. The van der Waals surface area contributed by atoms with Crippen LogP contribution in [0.3, 0.4) is 0 Å². The number of hydrogen-bond acceptors (Lipinski definition) is 5. The highest BCUT2D eigenvalue weighted by Gasteiger charge is 2.31. The molecule has 22 heavy (non-hydrogen) atoms. The zero-order chi connectivity index (χ0) is 16.2. The first-order valence-electron chi connectivity index (χ1n) is 7.86. The van der Waals surface area contributed by atoms with Crippen molar-refractivity contribution >= 4 is 6.09 Å². The van der Waals surface area contributed by atoms with Crippen LogP contribution in [-0.4, -0.2) is 33.7 Å². The van der Waals surface area contributed by atoms with Crippen molar-refractivity contribution in [3.05, 3.63) is 24.3 Å². The molecular weight excluding hydrogens is 280 g/mol. The van der Waals surface area contributed by atoms with E-state index in [4.69, 9.17) is 4.74 Å². The van der Waals surface area contributed by atoms with Crippen LogP contribution in [0.15, 0.2) is 18.6 Å². The standard InChI is InChI=1S/C16H26N4O2/c1-11(14-10-17-8-9-18-14)19-12-6-5-7-13(12)20-15(21)22-16(2,3)4/h8-13,19H,5-7H2,1-4H3,(H,20,21). The minimum Gasteiger partial charge on any atom is -0.444 e. The van der Waals surface area contributed by atoms with E-state index in [9.17, 15) is 4.79 Å². The van der Waals surface area contributed by atoms with E-state index < -0.39 is 5.60 Å². The predicted molar refractivity (Wildman–Crippen MR) is 84.4 cm³/mol. The normalized spacial score (nSPS) is 23.1. The van der Waals surface area contributed by atoms with Gasteiger partial charge in [0.15, 0.2) is 0 Å². The monoisotopic (exact) mass is 306 g/mol. The Kier molecular flexibility index (Phi) is 5.34. The first-order chi connectivity index (χ1) is 10.3. The van der Waals surface area contributed by atoms with Crippen molar-refractivity contribution in [1.82, 2.24) is 20.6 Å². The molecule has 1 heterocycles. The number of hydrogen-bond donors (Lipinski definition) is 2. The second-order valence-corrected chi connectivity index (χ2v) is 6.81. The van der Waals surface area contributed by atoms with Gasteiger partial charge in [0.25, 0.3) is 0 Å². The highest BCUT2D eigenvalue weighted by molar-refractivity contribution is 5.68. The fraction of sp³-hybridized carbons (Fsp3) is 0.688. The SMILES string of the molecule is CC(NC1CCCC1NC(=O)OC(C)(C)C)c1cnccn1. The molecule has 0 bridgehead atoms. The third-order valence-corrected chi connectivity index (χ3v) is 3.71. The Hall–Kier alpha value is -1.69. The number of carbonyl (C=O) groups excluding carboxylic acids is 1. The molecule has 1 aromatic heterocycles. The quantitative estimate of drug-likeness (QED) is 0.894. The number of nitrogens with zero attached hydrogens (tertiary/aromatic N) is 2. The Morgan fingerprint density at radius 3 is 2.68 bits per heavy atom. The minimum absolute atomic E-state index is 0.0916. The first-order valence-corrected chi connectivity index (χ1v) is 7.86. The van der Waals surface area contributed by atoms with E-state index in [1.807, 2.05) is 20.8 Å². The van der Waals surface area contributed by atoms with Crippen LogP contribution >= 0.6 is 0 Å². The van der Waals surface area contributed by atoms with Gasteiger partial charge in [-0.3, -0.25) is 9.97 Å². The van der Waals surface area contributed by atoms with Crippen molar-refractivity contribution in [2.75, 3.05) is 0 Å². The van der Waals surface area contributed by atoms with Crippen molar-refractivity contribution in [2.24, 2.45) is 0 Å². The zero-order valence-corrected chi connectivity index (χ0v) is 13.8. The van der Waals surface area contributed by atoms with Crippen LogP contribution in [0.5, 0.6) is 0 Å². The Bertz CT molecular complexity index is 487. The van der Waals surface area contributed by atoms with Crippen LogP contribution in [0.1, 0.15) is 58.7 Å². The van der Waals surface area contributed by atoms with Gasteiger partial charge in [-0.15, -0.1) is 0 Å². The highest BCUT2D eigenvalue weighted by atomic mass is 16.6. The molecule has 3 unspecified atom stereocenters. The third-order valence-electron chi connectivity index (χ3n) is 3.71. The molecule has 0 aliphatic heterocycles. The van der Waals surface area contributed by atoms with Gasteiger partial charge in [-0.2, -0.15) is 0 Å². The molecule has 0 spiro atoms. The van der Waals surface area contributed by atoms with Crippen molar-refractivity contribution in [3.63, 3.8) is 0 Å². The van der Waals surface area contributed by atoms with Gasteiger partial charge in [0.1, 0.15) is 5.60 Å². The Labute approximate surface area is 132 Å². The van der Waals surface area contributed by atoms with E-state index in [0.717, 1.165) is 25.0 Å². The summed E-state index contributed by atoms with van der Waals surface area (Å²) in [6.45, 7) is 7.67. The maximum Gasteiger partial charge on any atom is 0.407 e. The van der Waals surface area contributed by atoms with Gasteiger partial charge in [-0.05, 0) is 47.0 Å². The first kappa shape index (κ1) is 16.7. The van der Waals surface area contributed by atoms with Crippen molar-refractivity contribution in [1.29, 1.82) is 0 Å². The maximum absolute atomic E-state index is 11.9. The van der Waals surface area contributed by atoms with E-state index in [2.05, 4.69) is 27.5 Å². The topological polar surface area (TPSA) is 76.1 Å². The van der Waals surface area contributed by atoms with E-state index in [1.54, 1.807) is 18.6 Å². The lowest BCUT2D eigenvalue weighted by atomic mass is 10.1. The smallest absolute Gasteiger partial charge is 0.407 e. The van der Waals surface area contributed by atoms with Gasteiger partial charge < -0.3 is 15.4 Å². The van der Waals surface area contributed by atoms with Crippen LogP contribution in [0.25, 0.3) is 0 Å². The van der Waals surface area contributed by atoms with E-state index in [0.29, 0.717) is 0 Å². The summed E-state index contributed by atoms with van der Waals surface area (Å²) in [4.78, 5) is 20.3. The van der Waals surface area contributed by atoms with E-state index in [1.165, 1.54) is 0 Å². The summed E-state index contributed by atoms with van der Waals surface area (Å²) in [6.07, 6.45) is 7.86. The zero-order valence-electron chi connectivity index (χ0n) is 13.8. The van der Waals surface area contributed by atoms with Crippen LogP contribution in [0, 0.1) is 0 Å². The van der Waals surface area contributed by atoms with Crippen LogP contribution in [0.4, 0.5) is 4.79 Å². The number of alkyl carbamates (subject to hydrolysis) is 1. The van der Waals surface area contributed by atoms with Crippen LogP contribution in [0.2, 0.25) is 0 Å². The minimum atomic E-state index is -0.474. The molecule has 1 aliphatic rings. The highest BCUT2D eigenvalue weighted by Crippen LogP contribution is 2.22. The Morgan fingerprint density at radius 1 is 1.32 bits per heavy atom. The Balaban J connectivity index is 1.89. The van der Waals surface area contributed by atoms with Gasteiger partial charge in [0.2, 0.25) is 0 Å². The molecule has 0 saturated heterocycles. The van der Waals surface area contributed by atoms with Gasteiger partial charge >= 0.3 is 6.09 Å². The number of amides is 1. The van der Waals surface area contributed by atoms with Gasteiger partial charge in [0.05, 0.1) is 5.69 Å². The molecule has 6 heteroatoms. The lowest BCUT2D eigenvalue weighted by Gasteiger charge is -2.27. The van der Waals surface area contributed by atoms with Crippen molar-refractivity contribution < 1.29 is 9.53 Å². The largest absolute Gasteiger partial charge is 0.444 e. The van der Waals surface area contributed by atoms with E-state index >= 15 is 0 Å². The van der Waals surface area contributed by atoms with Crippen molar-refractivity contribution in [3.8, 4) is 0 Å². The summed E-state index contributed by atoms with van der Waals surface area (Å²) >= 11 is 0. The predicted octanol–water partition coefficient (Wildman–Crippen LogP) is 2.57. The fourth-order valence-corrected chi connectivity index (χ4v) is 2.73. The molecular formula is C16H26N4O2. The second kappa shape index (κ2) is 7.05. The molecule has 1 aliphatic carbocycles. The second-order valence-electron chi connectivity index (χ2n) is 6.81. The molecule has 2 N–H and O–H groups in total. The number of ether oxygens (including phenoxy) is 1. The number of nitrogens with one attached hydrogen (secondary N) is 2. The molecule has 3 atom stereocenters. The van der Waals surface area contributed by atoms with Crippen molar-refractivity contribution in [2.45, 2.75) is 70.7 Å². The van der Waals surface area contributed by atoms with E-state index in [-0.39, 0.29) is 24.2 Å². The molecule has 1 amide bonds. The summed E-state index contributed by atoms with van der Waals surface area (Å²) in [5.41, 5.74) is 0.434. The number of carbonyl (C=O) groups is 1. The fourth-order valence-electron chi connectivity index (χ4n) is 2.73. The number of rotatable bonds is 4. The molecule has 0 aromatic carbocycles. The van der Waals surface area contributed by atoms with Gasteiger partial charge in [-0.1, -0.05) is 0 Å².